The maximum absolute atomic E-state index is 11.2. The van der Waals surface area contributed by atoms with E-state index in [2.05, 4.69) is 4.74 Å². The number of hydrogen-bond donors (Lipinski definition) is 1. The molecule has 0 aromatic carbocycles. The smallest absolute Gasteiger partial charge is 0.373 e. The van der Waals surface area contributed by atoms with E-state index in [9.17, 15) is 4.79 Å². The minimum absolute atomic E-state index is 0.190. The minimum atomic E-state index is -0.483. The Labute approximate surface area is 99.9 Å². The van der Waals surface area contributed by atoms with Crippen molar-refractivity contribution in [3.63, 3.8) is 0 Å². The first kappa shape index (κ1) is 12.1. The molecule has 0 bridgehead atoms. The van der Waals surface area contributed by atoms with Gasteiger partial charge < -0.3 is 19.6 Å². The molecule has 1 aliphatic heterocycles. The van der Waals surface area contributed by atoms with E-state index in [0.717, 1.165) is 19.4 Å². The second-order valence-electron chi connectivity index (χ2n) is 4.20. The van der Waals surface area contributed by atoms with Crippen LogP contribution in [-0.4, -0.2) is 26.3 Å². The molecule has 0 spiro atoms. The van der Waals surface area contributed by atoms with E-state index in [1.807, 2.05) is 0 Å². The molecule has 94 valence electrons. The van der Waals surface area contributed by atoms with Crippen LogP contribution in [0.15, 0.2) is 16.5 Å². The van der Waals surface area contributed by atoms with Gasteiger partial charge in [-0.2, -0.15) is 0 Å². The zero-order chi connectivity index (χ0) is 12.3. The predicted molar refractivity (Wildman–Crippen MR) is 60.5 cm³/mol. The van der Waals surface area contributed by atoms with Crippen molar-refractivity contribution in [3.8, 4) is 0 Å². The SMILES string of the molecule is COC(=O)c1ccc(C(N)C2CCCOC2)o1. The highest BCUT2D eigenvalue weighted by atomic mass is 16.5. The van der Waals surface area contributed by atoms with Crippen molar-refractivity contribution in [2.24, 2.45) is 11.7 Å². The van der Waals surface area contributed by atoms with Crippen molar-refractivity contribution in [2.45, 2.75) is 18.9 Å². The Morgan fingerprint density at radius 2 is 2.41 bits per heavy atom. The molecule has 1 aromatic heterocycles. The average molecular weight is 239 g/mol. The van der Waals surface area contributed by atoms with Crippen LogP contribution in [0.1, 0.15) is 35.2 Å². The summed E-state index contributed by atoms with van der Waals surface area (Å²) in [6.45, 7) is 1.45. The third kappa shape index (κ3) is 2.68. The highest BCUT2D eigenvalue weighted by Crippen LogP contribution is 2.28. The molecule has 1 aromatic rings. The number of ether oxygens (including phenoxy) is 2. The van der Waals surface area contributed by atoms with E-state index in [4.69, 9.17) is 14.9 Å². The Hall–Kier alpha value is -1.33. The number of rotatable bonds is 3. The maximum atomic E-state index is 11.2. The van der Waals surface area contributed by atoms with E-state index >= 15 is 0 Å². The van der Waals surface area contributed by atoms with E-state index in [-0.39, 0.29) is 17.7 Å². The van der Waals surface area contributed by atoms with Crippen LogP contribution >= 0.6 is 0 Å². The molecule has 2 heterocycles. The lowest BCUT2D eigenvalue weighted by molar-refractivity contribution is 0.0410. The predicted octanol–water partition coefficient (Wildman–Crippen LogP) is 1.49. The highest BCUT2D eigenvalue weighted by Gasteiger charge is 2.25. The summed E-state index contributed by atoms with van der Waals surface area (Å²) < 4.78 is 15.4. The molecule has 2 unspecified atom stereocenters. The van der Waals surface area contributed by atoms with Crippen molar-refractivity contribution in [1.82, 2.24) is 0 Å². The van der Waals surface area contributed by atoms with E-state index in [0.29, 0.717) is 12.4 Å². The second-order valence-corrected chi connectivity index (χ2v) is 4.20. The van der Waals surface area contributed by atoms with Crippen LogP contribution < -0.4 is 5.73 Å². The van der Waals surface area contributed by atoms with Gasteiger partial charge in [0.25, 0.3) is 0 Å². The quantitative estimate of drug-likeness (QED) is 0.809. The van der Waals surface area contributed by atoms with Gasteiger partial charge in [0.1, 0.15) is 5.76 Å². The fourth-order valence-electron chi connectivity index (χ4n) is 2.02. The summed E-state index contributed by atoms with van der Waals surface area (Å²) in [7, 11) is 1.32. The summed E-state index contributed by atoms with van der Waals surface area (Å²) in [5.74, 6) is 0.569. The van der Waals surface area contributed by atoms with Crippen molar-refractivity contribution >= 4 is 5.97 Å². The molecule has 0 aliphatic carbocycles. The lowest BCUT2D eigenvalue weighted by Gasteiger charge is -2.26. The Balaban J connectivity index is 2.05. The summed E-state index contributed by atoms with van der Waals surface area (Å²) in [6.07, 6.45) is 2.04. The monoisotopic (exact) mass is 239 g/mol. The summed E-state index contributed by atoms with van der Waals surface area (Å²) in [4.78, 5) is 11.2. The van der Waals surface area contributed by atoms with Crippen LogP contribution in [0.3, 0.4) is 0 Å². The summed E-state index contributed by atoms with van der Waals surface area (Å²) in [5.41, 5.74) is 6.10. The Morgan fingerprint density at radius 1 is 1.59 bits per heavy atom. The van der Waals surface area contributed by atoms with E-state index in [1.54, 1.807) is 12.1 Å². The first-order valence-electron chi connectivity index (χ1n) is 5.73. The third-order valence-corrected chi connectivity index (χ3v) is 3.05. The molecule has 5 nitrogen and oxygen atoms in total. The zero-order valence-electron chi connectivity index (χ0n) is 9.85. The fraction of sp³-hybridized carbons (Fsp3) is 0.583. The first-order chi connectivity index (χ1) is 8.22. The van der Waals surface area contributed by atoms with E-state index < -0.39 is 5.97 Å². The molecular weight excluding hydrogens is 222 g/mol. The topological polar surface area (TPSA) is 74.7 Å². The van der Waals surface area contributed by atoms with Crippen molar-refractivity contribution < 1.29 is 18.7 Å². The van der Waals surface area contributed by atoms with Crippen LogP contribution in [0, 0.1) is 5.92 Å². The van der Waals surface area contributed by atoms with Crippen LogP contribution in [0.2, 0.25) is 0 Å². The van der Waals surface area contributed by atoms with Crippen LogP contribution in [-0.2, 0) is 9.47 Å². The van der Waals surface area contributed by atoms with Gasteiger partial charge in [-0.15, -0.1) is 0 Å². The molecule has 2 N–H and O–H groups in total. The fourth-order valence-corrected chi connectivity index (χ4v) is 2.02. The summed E-state index contributed by atoms with van der Waals surface area (Å²) >= 11 is 0. The molecule has 1 aliphatic rings. The highest BCUT2D eigenvalue weighted by molar-refractivity contribution is 5.86. The van der Waals surface area contributed by atoms with Crippen LogP contribution in [0.25, 0.3) is 0 Å². The van der Waals surface area contributed by atoms with Gasteiger partial charge in [0.15, 0.2) is 0 Å². The molecule has 0 saturated carbocycles. The maximum Gasteiger partial charge on any atom is 0.373 e. The van der Waals surface area contributed by atoms with Gasteiger partial charge in [0, 0.05) is 12.5 Å². The lowest BCUT2D eigenvalue weighted by Crippen LogP contribution is -2.28. The number of nitrogens with two attached hydrogens (primary N) is 1. The summed E-state index contributed by atoms with van der Waals surface area (Å²) in [6, 6.07) is 3.09. The number of furan rings is 1. The van der Waals surface area contributed by atoms with Crippen LogP contribution in [0.5, 0.6) is 0 Å². The average Bonchev–Trinajstić information content (AvgIpc) is 2.87. The van der Waals surface area contributed by atoms with Gasteiger partial charge in [0.05, 0.1) is 19.8 Å². The molecule has 2 rings (SSSR count). The van der Waals surface area contributed by atoms with Gasteiger partial charge in [-0.05, 0) is 25.0 Å². The van der Waals surface area contributed by atoms with Crippen LogP contribution in [0.4, 0.5) is 0 Å². The third-order valence-electron chi connectivity index (χ3n) is 3.05. The summed E-state index contributed by atoms with van der Waals surface area (Å²) in [5, 5.41) is 0. The largest absolute Gasteiger partial charge is 0.463 e. The molecule has 1 fully saturated rings. The second kappa shape index (κ2) is 5.33. The zero-order valence-corrected chi connectivity index (χ0v) is 9.85. The van der Waals surface area contributed by atoms with Gasteiger partial charge >= 0.3 is 5.97 Å². The molecule has 17 heavy (non-hydrogen) atoms. The first-order valence-corrected chi connectivity index (χ1v) is 5.73. The van der Waals surface area contributed by atoms with Gasteiger partial charge in [-0.25, -0.2) is 4.79 Å². The number of carbonyl (C=O) groups excluding carboxylic acids is 1. The van der Waals surface area contributed by atoms with Gasteiger partial charge in [-0.1, -0.05) is 0 Å². The minimum Gasteiger partial charge on any atom is -0.463 e. The van der Waals surface area contributed by atoms with Crippen molar-refractivity contribution in [1.29, 1.82) is 0 Å². The van der Waals surface area contributed by atoms with Crippen molar-refractivity contribution in [2.75, 3.05) is 20.3 Å². The Kier molecular flexibility index (Phi) is 3.81. The lowest BCUT2D eigenvalue weighted by atomic mass is 9.93. The number of hydrogen-bond acceptors (Lipinski definition) is 5. The Bertz CT molecular complexity index is 382. The Morgan fingerprint density at radius 3 is 3.06 bits per heavy atom. The molecule has 0 amide bonds. The van der Waals surface area contributed by atoms with E-state index in [1.165, 1.54) is 7.11 Å². The number of carbonyl (C=O) groups is 1. The molecule has 2 atom stereocenters. The molecule has 0 radical (unpaired) electrons. The van der Waals surface area contributed by atoms with Gasteiger partial charge in [-0.3, -0.25) is 0 Å². The molecule has 5 heteroatoms. The van der Waals surface area contributed by atoms with Gasteiger partial charge in [0.2, 0.25) is 5.76 Å². The number of esters is 1. The number of methoxy groups -OCH3 is 1. The normalized spacial score (nSPS) is 22.1. The molecule has 1 saturated heterocycles. The standard InChI is InChI=1S/C12H17NO4/c1-15-12(14)10-5-4-9(17-10)11(13)8-3-2-6-16-7-8/h4-5,8,11H,2-3,6-7,13H2,1H3. The molecular formula is C12H17NO4. The van der Waals surface area contributed by atoms with Crippen molar-refractivity contribution in [3.05, 3.63) is 23.7 Å².